The number of hydrogen-bond donors (Lipinski definition) is 2. The SMILES string of the molecule is COc1ccc(-c2cnc3c(Nc4ccc(C(=O)NCCOCC[N+](C)(C)C)c(Br)c4)nccn23)c(F)c1F.O=C([O-])C(F)(F)F. The Bertz CT molecular complexity index is 1690. The van der Waals surface area contributed by atoms with Crippen molar-refractivity contribution in [2.24, 2.45) is 0 Å². The summed E-state index contributed by atoms with van der Waals surface area (Å²) in [7, 11) is 7.55. The number of ether oxygens (including phenoxy) is 2. The number of amides is 1. The maximum absolute atomic E-state index is 14.7. The Morgan fingerprint density at radius 3 is 2.37 bits per heavy atom. The highest BCUT2D eigenvalue weighted by Crippen LogP contribution is 2.32. The number of nitrogens with one attached hydrogen (secondary N) is 2. The second kappa shape index (κ2) is 15.3. The van der Waals surface area contributed by atoms with Crippen molar-refractivity contribution in [1.29, 1.82) is 0 Å². The van der Waals surface area contributed by atoms with Crippen molar-refractivity contribution >= 4 is 45.0 Å². The van der Waals surface area contributed by atoms with E-state index in [1.165, 1.54) is 31.6 Å². The zero-order valence-electron chi connectivity index (χ0n) is 25.0. The van der Waals surface area contributed by atoms with Crippen LogP contribution < -0.4 is 20.5 Å². The van der Waals surface area contributed by atoms with Crippen LogP contribution in [0.3, 0.4) is 0 Å². The third-order valence-corrected chi connectivity index (χ3v) is 6.77. The number of likely N-dealkylation sites (N-methyl/N-ethyl adjacent to an activating group) is 1. The number of benzene rings is 2. The van der Waals surface area contributed by atoms with Gasteiger partial charge in [-0.2, -0.15) is 17.6 Å². The molecule has 0 aliphatic heterocycles. The van der Waals surface area contributed by atoms with Crippen molar-refractivity contribution in [3.05, 3.63) is 70.6 Å². The number of aliphatic carboxylic acids is 1. The van der Waals surface area contributed by atoms with Crippen molar-refractivity contribution in [2.75, 3.05) is 59.9 Å². The normalized spacial score (nSPS) is 11.5. The molecule has 17 heteroatoms. The molecule has 0 radical (unpaired) electrons. The Hall–Kier alpha value is -4.35. The first-order chi connectivity index (χ1) is 21.5. The van der Waals surface area contributed by atoms with Crippen LogP contribution in [0, 0.1) is 11.6 Å². The molecule has 248 valence electrons. The fourth-order valence-electron chi connectivity index (χ4n) is 3.78. The van der Waals surface area contributed by atoms with Crippen molar-refractivity contribution < 1.29 is 50.6 Å². The van der Waals surface area contributed by atoms with E-state index in [1.54, 1.807) is 28.8 Å². The minimum absolute atomic E-state index is 0.0369. The van der Waals surface area contributed by atoms with Crippen molar-refractivity contribution in [3.8, 4) is 17.0 Å². The van der Waals surface area contributed by atoms with E-state index in [2.05, 4.69) is 57.7 Å². The van der Waals surface area contributed by atoms with E-state index in [1.807, 2.05) is 0 Å². The molecule has 0 aliphatic rings. The number of methoxy groups -OCH3 is 1. The van der Waals surface area contributed by atoms with Crippen molar-refractivity contribution in [3.63, 3.8) is 0 Å². The van der Waals surface area contributed by atoms with Gasteiger partial charge in [-0.3, -0.25) is 9.20 Å². The number of carboxylic acids is 1. The molecule has 4 aromatic rings. The largest absolute Gasteiger partial charge is 0.542 e. The molecule has 0 saturated carbocycles. The van der Waals surface area contributed by atoms with Gasteiger partial charge >= 0.3 is 6.18 Å². The first-order valence-corrected chi connectivity index (χ1v) is 14.2. The number of anilines is 2. The first-order valence-electron chi connectivity index (χ1n) is 13.4. The number of hydrogen-bond acceptors (Lipinski definition) is 8. The summed E-state index contributed by atoms with van der Waals surface area (Å²) in [6.45, 7) is 2.33. The van der Waals surface area contributed by atoms with Crippen LogP contribution in [0.4, 0.5) is 33.5 Å². The first kappa shape index (κ1) is 36.1. The number of alkyl halides is 3. The number of imidazole rings is 1. The minimum atomic E-state index is -5.19. The lowest BCUT2D eigenvalue weighted by Gasteiger charge is -2.23. The smallest absolute Gasteiger partial charge is 0.430 e. The topological polar surface area (TPSA) is 130 Å². The molecule has 2 N–H and O–H groups in total. The Morgan fingerprint density at radius 2 is 1.76 bits per heavy atom. The quantitative estimate of drug-likeness (QED) is 0.136. The number of nitrogens with zero attached hydrogens (tertiary/aromatic N) is 4. The fraction of sp³-hybridized carbons (Fsp3) is 0.310. The van der Waals surface area contributed by atoms with Gasteiger partial charge in [-0.25, -0.2) is 14.4 Å². The van der Waals surface area contributed by atoms with Crippen LogP contribution in [-0.2, 0) is 9.53 Å². The van der Waals surface area contributed by atoms with Gasteiger partial charge in [-0.1, -0.05) is 0 Å². The number of fused-ring (bicyclic) bond motifs is 1. The molecule has 2 aromatic carbocycles. The summed E-state index contributed by atoms with van der Waals surface area (Å²) in [5, 5.41) is 14.8. The van der Waals surface area contributed by atoms with Gasteiger partial charge in [0.15, 0.2) is 23.0 Å². The van der Waals surface area contributed by atoms with Gasteiger partial charge in [0.1, 0.15) is 12.5 Å². The van der Waals surface area contributed by atoms with Crippen LogP contribution in [0.2, 0.25) is 0 Å². The lowest BCUT2D eigenvalue weighted by Crippen LogP contribution is -2.38. The van der Waals surface area contributed by atoms with E-state index >= 15 is 0 Å². The molecule has 0 spiro atoms. The summed E-state index contributed by atoms with van der Waals surface area (Å²) >= 11 is 3.46. The van der Waals surface area contributed by atoms with E-state index in [4.69, 9.17) is 19.4 Å². The number of rotatable bonds is 11. The third kappa shape index (κ3) is 9.58. The molecule has 0 saturated heterocycles. The predicted octanol–water partition coefficient (Wildman–Crippen LogP) is 3.94. The number of carbonyl (C=O) groups is 2. The number of carbonyl (C=O) groups excluding carboxylic acids is 2. The molecular weight excluding hydrogens is 687 g/mol. The standard InChI is InChI=1S/C27H29BrF2N6O3.C2HF3O2/c1-36(2,3)12-14-39-13-10-32-27(37)18-6-5-17(15-20(18)28)34-25-26-33-16-21(35(26)11-9-31-25)19-7-8-22(38-4)24(30)23(19)29;3-2(4,5)1(6)7/h5-9,11,15-16H,10,12-14H2,1-4H3,(H-,31,32,34,37);(H,6,7). The highest BCUT2D eigenvalue weighted by Gasteiger charge is 2.28. The van der Waals surface area contributed by atoms with Crippen LogP contribution in [0.15, 0.2) is 53.4 Å². The molecule has 46 heavy (non-hydrogen) atoms. The average Bonchev–Trinajstić information content (AvgIpc) is 3.40. The molecule has 1 amide bonds. The van der Waals surface area contributed by atoms with Crippen LogP contribution in [0.25, 0.3) is 16.9 Å². The molecule has 0 bridgehead atoms. The molecular formula is C29H30BrF5N6O5. The third-order valence-electron chi connectivity index (χ3n) is 6.12. The van der Waals surface area contributed by atoms with Crippen LogP contribution in [-0.4, -0.2) is 91.5 Å². The zero-order valence-corrected chi connectivity index (χ0v) is 26.6. The van der Waals surface area contributed by atoms with E-state index in [-0.39, 0.29) is 17.2 Å². The van der Waals surface area contributed by atoms with Crippen molar-refractivity contribution in [1.82, 2.24) is 19.7 Å². The van der Waals surface area contributed by atoms with Gasteiger partial charge in [-0.15, -0.1) is 0 Å². The monoisotopic (exact) mass is 716 g/mol. The molecule has 2 aromatic heterocycles. The molecule has 2 heterocycles. The number of quaternary nitrogens is 1. The maximum atomic E-state index is 14.7. The highest BCUT2D eigenvalue weighted by atomic mass is 79.9. The zero-order chi connectivity index (χ0) is 34.2. The molecule has 11 nitrogen and oxygen atoms in total. The second-order valence-electron chi connectivity index (χ2n) is 10.5. The lowest BCUT2D eigenvalue weighted by atomic mass is 10.1. The minimum Gasteiger partial charge on any atom is -0.542 e. The summed E-state index contributed by atoms with van der Waals surface area (Å²) in [5.74, 6) is -5.12. The van der Waals surface area contributed by atoms with Crippen molar-refractivity contribution in [2.45, 2.75) is 6.18 Å². The number of carboxylic acid groups (broad SMARTS) is 1. The molecule has 0 unspecified atom stereocenters. The van der Waals surface area contributed by atoms with Gasteiger partial charge in [0.05, 0.1) is 58.9 Å². The number of halogens is 6. The Morgan fingerprint density at radius 1 is 1.07 bits per heavy atom. The van der Waals surface area contributed by atoms with E-state index in [0.717, 1.165) is 11.0 Å². The van der Waals surface area contributed by atoms with Crippen LogP contribution in [0.5, 0.6) is 5.75 Å². The van der Waals surface area contributed by atoms with Gasteiger partial charge in [0.25, 0.3) is 5.91 Å². The average molecular weight is 717 g/mol. The summed E-state index contributed by atoms with van der Waals surface area (Å²) < 4.78 is 74.0. The van der Waals surface area contributed by atoms with E-state index in [0.29, 0.717) is 52.6 Å². The van der Waals surface area contributed by atoms with Crippen LogP contribution in [0.1, 0.15) is 10.4 Å². The van der Waals surface area contributed by atoms with Gasteiger partial charge < -0.3 is 34.5 Å². The van der Waals surface area contributed by atoms with Crippen LogP contribution >= 0.6 is 15.9 Å². The summed E-state index contributed by atoms with van der Waals surface area (Å²) in [6.07, 6.45) is -0.612. The Kier molecular flexibility index (Phi) is 12.0. The molecule has 0 atom stereocenters. The lowest BCUT2D eigenvalue weighted by molar-refractivity contribution is -0.870. The molecule has 4 rings (SSSR count). The summed E-state index contributed by atoms with van der Waals surface area (Å²) in [5.41, 5.74) is 1.91. The van der Waals surface area contributed by atoms with Gasteiger partial charge in [0.2, 0.25) is 5.82 Å². The van der Waals surface area contributed by atoms with E-state index in [9.17, 15) is 26.7 Å². The predicted molar refractivity (Wildman–Crippen MR) is 159 cm³/mol. The molecule has 0 fully saturated rings. The number of aromatic nitrogens is 3. The maximum Gasteiger partial charge on any atom is 0.430 e. The van der Waals surface area contributed by atoms with E-state index < -0.39 is 23.8 Å². The molecule has 0 aliphatic carbocycles. The van der Waals surface area contributed by atoms with Gasteiger partial charge in [-0.05, 0) is 46.3 Å². The summed E-state index contributed by atoms with van der Waals surface area (Å²) in [6, 6.07) is 7.98. The fourth-order valence-corrected chi connectivity index (χ4v) is 4.34. The second-order valence-corrected chi connectivity index (χ2v) is 11.4. The highest BCUT2D eigenvalue weighted by molar-refractivity contribution is 9.10. The Labute approximate surface area is 268 Å². The summed E-state index contributed by atoms with van der Waals surface area (Å²) in [4.78, 5) is 30.1. The van der Waals surface area contributed by atoms with Gasteiger partial charge in [0, 0.05) is 34.7 Å². The Balaban J connectivity index is 0.000000738.